The number of fused-ring (bicyclic) bond motifs is 1. The zero-order chi connectivity index (χ0) is 21.0. The molecule has 1 atom stereocenters. The van der Waals surface area contributed by atoms with Gasteiger partial charge in [-0.15, -0.1) is 22.7 Å². The fourth-order valence-electron chi connectivity index (χ4n) is 3.00. The molecule has 8 heteroatoms. The molecule has 2 aromatic rings. The Morgan fingerprint density at radius 3 is 2.90 bits per heavy atom. The van der Waals surface area contributed by atoms with E-state index in [9.17, 15) is 14.9 Å². The molecule has 6 nitrogen and oxygen atoms in total. The van der Waals surface area contributed by atoms with E-state index in [0.29, 0.717) is 29.8 Å². The first-order valence-electron chi connectivity index (χ1n) is 9.39. The van der Waals surface area contributed by atoms with Crippen LogP contribution in [0.5, 0.6) is 0 Å². The van der Waals surface area contributed by atoms with E-state index in [1.165, 1.54) is 17.4 Å². The molecule has 0 bridgehead atoms. The standard InChI is InChI=1S/C21H23N3O3S2/c1-13(2)24(3)21(26)27-14-6-8-16-17(12-22)20(29-18(16)11-14)23-19(25)9-7-15-5-4-10-28-15/h4-5,7,9-10,13-14H,6,8,11H2,1-3H3,(H,23,25). The third-order valence-corrected chi connectivity index (χ3v) is 6.85. The van der Waals surface area contributed by atoms with Gasteiger partial charge in [-0.3, -0.25) is 4.79 Å². The van der Waals surface area contributed by atoms with Crippen LogP contribution in [-0.4, -0.2) is 36.1 Å². The fourth-order valence-corrected chi connectivity index (χ4v) is 4.88. The van der Waals surface area contributed by atoms with Gasteiger partial charge in [-0.25, -0.2) is 4.79 Å². The van der Waals surface area contributed by atoms with Gasteiger partial charge in [0.2, 0.25) is 5.91 Å². The number of carbonyl (C=O) groups excluding carboxylic acids is 2. The number of amides is 2. The molecule has 0 aromatic carbocycles. The highest BCUT2D eigenvalue weighted by molar-refractivity contribution is 7.16. The van der Waals surface area contributed by atoms with E-state index in [2.05, 4.69) is 11.4 Å². The highest BCUT2D eigenvalue weighted by Gasteiger charge is 2.29. The van der Waals surface area contributed by atoms with Crippen molar-refractivity contribution in [3.63, 3.8) is 0 Å². The van der Waals surface area contributed by atoms with E-state index < -0.39 is 0 Å². The summed E-state index contributed by atoms with van der Waals surface area (Å²) < 4.78 is 5.63. The minimum Gasteiger partial charge on any atom is -0.446 e. The molecule has 0 saturated heterocycles. The predicted molar refractivity (Wildman–Crippen MR) is 116 cm³/mol. The summed E-state index contributed by atoms with van der Waals surface area (Å²) in [5.41, 5.74) is 1.48. The molecule has 1 aliphatic rings. The van der Waals surface area contributed by atoms with Crippen molar-refractivity contribution in [1.82, 2.24) is 4.90 Å². The maximum atomic E-state index is 12.3. The molecule has 0 fully saturated rings. The summed E-state index contributed by atoms with van der Waals surface area (Å²) in [7, 11) is 1.72. The third kappa shape index (κ3) is 5.05. The molecule has 1 unspecified atom stereocenters. The van der Waals surface area contributed by atoms with Gasteiger partial charge in [0.05, 0.1) is 5.56 Å². The van der Waals surface area contributed by atoms with E-state index in [1.807, 2.05) is 31.4 Å². The van der Waals surface area contributed by atoms with Crippen LogP contribution < -0.4 is 5.32 Å². The number of nitrogens with zero attached hydrogens (tertiary/aromatic N) is 2. The Labute approximate surface area is 178 Å². The summed E-state index contributed by atoms with van der Waals surface area (Å²) in [5.74, 6) is -0.268. The summed E-state index contributed by atoms with van der Waals surface area (Å²) in [6.45, 7) is 3.86. The SMILES string of the molecule is CC(C)N(C)C(=O)OC1CCc2c(sc(NC(=O)C=Cc3cccs3)c2C#N)C1. The Bertz CT molecular complexity index is 955. The van der Waals surface area contributed by atoms with Crippen LogP contribution in [0.4, 0.5) is 9.80 Å². The smallest absolute Gasteiger partial charge is 0.410 e. The Morgan fingerprint density at radius 2 is 2.24 bits per heavy atom. The zero-order valence-electron chi connectivity index (χ0n) is 16.6. The van der Waals surface area contributed by atoms with Crippen LogP contribution in [0.1, 0.15) is 41.1 Å². The molecular weight excluding hydrogens is 406 g/mol. The Hall–Kier alpha value is -2.63. The van der Waals surface area contributed by atoms with E-state index in [4.69, 9.17) is 4.74 Å². The van der Waals surface area contributed by atoms with Crippen LogP contribution in [0.2, 0.25) is 0 Å². The molecule has 2 heterocycles. The van der Waals surface area contributed by atoms with Gasteiger partial charge in [0.1, 0.15) is 17.2 Å². The third-order valence-electron chi connectivity index (χ3n) is 4.84. The average molecular weight is 430 g/mol. The summed E-state index contributed by atoms with van der Waals surface area (Å²) >= 11 is 2.94. The maximum absolute atomic E-state index is 12.3. The second-order valence-corrected chi connectivity index (χ2v) is 9.20. The first kappa shape index (κ1) is 21.1. The molecule has 0 radical (unpaired) electrons. The monoisotopic (exact) mass is 429 g/mol. The number of anilines is 1. The number of hydrogen-bond donors (Lipinski definition) is 1. The molecule has 29 heavy (non-hydrogen) atoms. The number of nitriles is 1. The molecule has 0 spiro atoms. The summed E-state index contributed by atoms with van der Waals surface area (Å²) in [5, 5.41) is 14.9. The highest BCUT2D eigenvalue weighted by Crippen LogP contribution is 2.38. The van der Waals surface area contributed by atoms with Gasteiger partial charge < -0.3 is 15.0 Å². The average Bonchev–Trinajstić information content (AvgIpc) is 3.32. The topological polar surface area (TPSA) is 82.4 Å². The van der Waals surface area contributed by atoms with E-state index in [0.717, 1.165) is 15.3 Å². The van der Waals surface area contributed by atoms with Gasteiger partial charge >= 0.3 is 6.09 Å². The van der Waals surface area contributed by atoms with Crippen molar-refractivity contribution < 1.29 is 14.3 Å². The van der Waals surface area contributed by atoms with Gasteiger partial charge in [-0.05, 0) is 49.8 Å². The van der Waals surface area contributed by atoms with Crippen molar-refractivity contribution in [2.45, 2.75) is 45.3 Å². The van der Waals surface area contributed by atoms with Crippen LogP contribution in [0.15, 0.2) is 23.6 Å². The van der Waals surface area contributed by atoms with Crippen LogP contribution >= 0.6 is 22.7 Å². The predicted octanol–water partition coefficient (Wildman–Crippen LogP) is 4.67. The number of nitrogens with one attached hydrogen (secondary N) is 1. The lowest BCUT2D eigenvalue weighted by molar-refractivity contribution is -0.111. The second-order valence-electron chi connectivity index (χ2n) is 7.11. The second kappa shape index (κ2) is 9.25. The molecule has 2 amide bonds. The lowest BCUT2D eigenvalue weighted by Crippen LogP contribution is -2.37. The lowest BCUT2D eigenvalue weighted by Gasteiger charge is -2.27. The molecule has 0 aliphatic heterocycles. The molecule has 1 N–H and O–H groups in total. The molecule has 1 aliphatic carbocycles. The van der Waals surface area contributed by atoms with Gasteiger partial charge in [-0.2, -0.15) is 5.26 Å². The van der Waals surface area contributed by atoms with E-state index >= 15 is 0 Å². The minimum atomic E-state index is -0.335. The van der Waals surface area contributed by atoms with Gasteiger partial charge in [0.15, 0.2) is 0 Å². The van der Waals surface area contributed by atoms with Gasteiger partial charge in [-0.1, -0.05) is 6.07 Å². The van der Waals surface area contributed by atoms with Crippen molar-refractivity contribution in [3.05, 3.63) is 44.5 Å². The van der Waals surface area contributed by atoms with Gasteiger partial charge in [0, 0.05) is 35.3 Å². The quantitative estimate of drug-likeness (QED) is 0.701. The maximum Gasteiger partial charge on any atom is 0.410 e. The summed E-state index contributed by atoms with van der Waals surface area (Å²) in [6, 6.07) is 6.14. The zero-order valence-corrected chi connectivity index (χ0v) is 18.2. The number of hydrogen-bond acceptors (Lipinski definition) is 6. The van der Waals surface area contributed by atoms with Crippen molar-refractivity contribution in [1.29, 1.82) is 5.26 Å². The Morgan fingerprint density at radius 1 is 1.45 bits per heavy atom. The van der Waals surface area contributed by atoms with Crippen LogP contribution in [0.25, 0.3) is 6.08 Å². The van der Waals surface area contributed by atoms with E-state index in [1.54, 1.807) is 29.4 Å². The van der Waals surface area contributed by atoms with Crippen molar-refractivity contribution in [2.24, 2.45) is 0 Å². The molecular formula is C21H23N3O3S2. The lowest BCUT2D eigenvalue weighted by atomic mass is 9.94. The normalized spacial score (nSPS) is 15.8. The molecule has 2 aromatic heterocycles. The molecule has 3 rings (SSSR count). The first-order chi connectivity index (χ1) is 13.9. The largest absolute Gasteiger partial charge is 0.446 e. The molecule has 0 saturated carbocycles. The van der Waals surface area contributed by atoms with Crippen LogP contribution in [0.3, 0.4) is 0 Å². The molecule has 152 valence electrons. The number of thiophene rings is 2. The van der Waals surface area contributed by atoms with Gasteiger partial charge in [0.25, 0.3) is 0 Å². The van der Waals surface area contributed by atoms with Crippen molar-refractivity contribution in [3.8, 4) is 6.07 Å². The number of rotatable bonds is 5. The number of carbonyl (C=O) groups is 2. The van der Waals surface area contributed by atoms with Crippen molar-refractivity contribution >= 4 is 45.8 Å². The highest BCUT2D eigenvalue weighted by atomic mass is 32.1. The van der Waals surface area contributed by atoms with Crippen LogP contribution in [0, 0.1) is 11.3 Å². The summed E-state index contributed by atoms with van der Waals surface area (Å²) in [4.78, 5) is 28.0. The Balaban J connectivity index is 1.69. The minimum absolute atomic E-state index is 0.0672. The Kier molecular flexibility index (Phi) is 6.72. The first-order valence-corrected chi connectivity index (χ1v) is 11.1. The number of ether oxygens (including phenoxy) is 1. The van der Waals surface area contributed by atoms with E-state index in [-0.39, 0.29) is 24.1 Å². The summed E-state index contributed by atoms with van der Waals surface area (Å²) in [6.07, 6.45) is 4.55. The fraction of sp³-hybridized carbons (Fsp3) is 0.381. The van der Waals surface area contributed by atoms with Crippen LogP contribution in [-0.2, 0) is 22.4 Å². The van der Waals surface area contributed by atoms with Crippen molar-refractivity contribution in [2.75, 3.05) is 12.4 Å².